The topological polar surface area (TPSA) is 72.5 Å². The van der Waals surface area contributed by atoms with Crippen molar-refractivity contribution in [1.82, 2.24) is 4.72 Å². The first kappa shape index (κ1) is 17.9. The summed E-state index contributed by atoms with van der Waals surface area (Å²) in [5.74, 6) is -0.340. The highest BCUT2D eigenvalue weighted by Crippen LogP contribution is 2.14. The van der Waals surface area contributed by atoms with Crippen molar-refractivity contribution in [1.29, 1.82) is 0 Å². The number of nitrogens with one attached hydrogen (secondary N) is 1. The number of ether oxygens (including phenoxy) is 1. The highest BCUT2D eigenvalue weighted by atomic mass is 35.5. The van der Waals surface area contributed by atoms with Crippen molar-refractivity contribution < 1.29 is 17.9 Å². The van der Waals surface area contributed by atoms with Crippen LogP contribution in [0.15, 0.2) is 29.2 Å². The molecule has 118 valence electrons. The molecule has 0 atom stereocenters. The van der Waals surface area contributed by atoms with Crippen LogP contribution in [0.5, 0.6) is 0 Å². The lowest BCUT2D eigenvalue weighted by molar-refractivity contribution is -0.154. The van der Waals surface area contributed by atoms with Crippen LogP contribution in [0.2, 0.25) is 5.02 Å². The van der Waals surface area contributed by atoms with Crippen molar-refractivity contribution in [3.63, 3.8) is 0 Å². The summed E-state index contributed by atoms with van der Waals surface area (Å²) in [5, 5.41) is 0.471. The highest BCUT2D eigenvalue weighted by Gasteiger charge is 2.17. The summed E-state index contributed by atoms with van der Waals surface area (Å²) in [6.45, 7) is 5.53. The number of sulfonamides is 1. The van der Waals surface area contributed by atoms with E-state index >= 15 is 0 Å². The average Bonchev–Trinajstić information content (AvgIpc) is 2.33. The molecule has 0 unspecified atom stereocenters. The van der Waals surface area contributed by atoms with Gasteiger partial charge in [0.1, 0.15) is 5.60 Å². The lowest BCUT2D eigenvalue weighted by atomic mass is 10.2. The van der Waals surface area contributed by atoms with Crippen LogP contribution in [-0.2, 0) is 19.6 Å². The molecule has 0 bridgehead atoms. The van der Waals surface area contributed by atoms with Crippen molar-refractivity contribution in [2.75, 3.05) is 6.54 Å². The highest BCUT2D eigenvalue weighted by molar-refractivity contribution is 7.89. The first-order valence-corrected chi connectivity index (χ1v) is 8.43. The van der Waals surface area contributed by atoms with Gasteiger partial charge in [-0.2, -0.15) is 0 Å². The molecule has 0 aliphatic carbocycles. The van der Waals surface area contributed by atoms with E-state index in [4.69, 9.17) is 16.3 Å². The fraction of sp³-hybridized carbons (Fsp3) is 0.500. The SMILES string of the molecule is CC(C)(C)OC(=O)CCCNS(=O)(=O)c1ccc(Cl)cc1. The van der Waals surface area contributed by atoms with E-state index in [2.05, 4.69) is 4.72 Å². The minimum Gasteiger partial charge on any atom is -0.460 e. The van der Waals surface area contributed by atoms with Gasteiger partial charge >= 0.3 is 5.97 Å². The number of esters is 1. The van der Waals surface area contributed by atoms with E-state index < -0.39 is 15.6 Å². The maximum atomic E-state index is 11.9. The average molecular weight is 334 g/mol. The molecule has 0 aliphatic heterocycles. The van der Waals surface area contributed by atoms with E-state index in [9.17, 15) is 13.2 Å². The van der Waals surface area contributed by atoms with Crippen LogP contribution in [0.4, 0.5) is 0 Å². The predicted molar refractivity (Wildman–Crippen MR) is 81.7 cm³/mol. The zero-order valence-electron chi connectivity index (χ0n) is 12.3. The fourth-order valence-electron chi connectivity index (χ4n) is 1.53. The summed E-state index contributed by atoms with van der Waals surface area (Å²) in [6.07, 6.45) is 0.544. The van der Waals surface area contributed by atoms with Crippen molar-refractivity contribution >= 4 is 27.6 Å². The van der Waals surface area contributed by atoms with Gasteiger partial charge < -0.3 is 4.74 Å². The van der Waals surface area contributed by atoms with Gasteiger partial charge in [-0.05, 0) is 51.5 Å². The number of carbonyl (C=O) groups excluding carboxylic acids is 1. The molecule has 1 N–H and O–H groups in total. The van der Waals surface area contributed by atoms with E-state index in [-0.39, 0.29) is 23.8 Å². The Morgan fingerprint density at radius 2 is 1.81 bits per heavy atom. The van der Waals surface area contributed by atoms with Gasteiger partial charge in [-0.1, -0.05) is 11.6 Å². The van der Waals surface area contributed by atoms with Crippen molar-refractivity contribution in [2.45, 2.75) is 44.1 Å². The number of benzene rings is 1. The summed E-state index contributed by atoms with van der Waals surface area (Å²) < 4.78 is 31.5. The van der Waals surface area contributed by atoms with Gasteiger partial charge in [0.2, 0.25) is 10.0 Å². The molecule has 7 heteroatoms. The molecular formula is C14H20ClNO4S. The molecule has 0 amide bonds. The third-order valence-corrected chi connectivity index (χ3v) is 4.12. The van der Waals surface area contributed by atoms with E-state index in [1.807, 2.05) is 0 Å². The van der Waals surface area contributed by atoms with Crippen LogP contribution < -0.4 is 4.72 Å². The lowest BCUT2D eigenvalue weighted by Crippen LogP contribution is -2.27. The molecular weight excluding hydrogens is 314 g/mol. The molecule has 0 spiro atoms. The lowest BCUT2D eigenvalue weighted by Gasteiger charge is -2.19. The second kappa shape index (κ2) is 7.24. The van der Waals surface area contributed by atoms with E-state index in [0.29, 0.717) is 11.4 Å². The minimum atomic E-state index is -3.57. The molecule has 1 rings (SSSR count). The van der Waals surface area contributed by atoms with Gasteiger partial charge in [0.05, 0.1) is 4.90 Å². The molecule has 1 aromatic rings. The molecule has 5 nitrogen and oxygen atoms in total. The Morgan fingerprint density at radius 1 is 1.24 bits per heavy atom. The van der Waals surface area contributed by atoms with Gasteiger partial charge in [-0.3, -0.25) is 4.79 Å². The van der Waals surface area contributed by atoms with Crippen molar-refractivity contribution in [3.8, 4) is 0 Å². The number of hydrogen-bond acceptors (Lipinski definition) is 4. The Balaban J connectivity index is 2.41. The van der Waals surface area contributed by atoms with Gasteiger partial charge in [0.15, 0.2) is 0 Å². The number of rotatable bonds is 6. The van der Waals surface area contributed by atoms with Crippen molar-refractivity contribution in [3.05, 3.63) is 29.3 Å². The molecule has 0 heterocycles. The molecule has 21 heavy (non-hydrogen) atoms. The summed E-state index contributed by atoms with van der Waals surface area (Å²) in [7, 11) is -3.57. The Labute approximate surface area is 130 Å². The van der Waals surface area contributed by atoms with Crippen LogP contribution in [0, 0.1) is 0 Å². The van der Waals surface area contributed by atoms with Gasteiger partial charge in [-0.25, -0.2) is 13.1 Å². The Bertz CT molecular complexity index is 576. The minimum absolute atomic E-state index is 0.143. The van der Waals surface area contributed by atoms with Crippen LogP contribution >= 0.6 is 11.6 Å². The molecule has 0 saturated carbocycles. The Hall–Kier alpha value is -1.11. The van der Waals surface area contributed by atoms with Gasteiger partial charge in [-0.15, -0.1) is 0 Å². The molecule has 0 saturated heterocycles. The number of halogens is 1. The van der Waals surface area contributed by atoms with Crippen LogP contribution in [0.3, 0.4) is 0 Å². The van der Waals surface area contributed by atoms with Gasteiger partial charge in [0, 0.05) is 18.0 Å². The summed E-state index contributed by atoms with van der Waals surface area (Å²) in [5.41, 5.74) is -0.528. The third-order valence-electron chi connectivity index (χ3n) is 2.39. The molecule has 0 aromatic heterocycles. The van der Waals surface area contributed by atoms with Crippen LogP contribution in [-0.4, -0.2) is 26.5 Å². The third kappa shape index (κ3) is 6.93. The smallest absolute Gasteiger partial charge is 0.306 e. The second-order valence-electron chi connectivity index (χ2n) is 5.54. The van der Waals surface area contributed by atoms with Crippen LogP contribution in [0.1, 0.15) is 33.6 Å². The number of hydrogen-bond donors (Lipinski definition) is 1. The predicted octanol–water partition coefficient (Wildman–Crippen LogP) is 2.74. The largest absolute Gasteiger partial charge is 0.460 e. The first-order chi connectivity index (χ1) is 9.60. The van der Waals surface area contributed by atoms with Crippen LogP contribution in [0.25, 0.3) is 0 Å². The molecule has 0 aliphatic rings. The quantitative estimate of drug-likeness (QED) is 0.641. The first-order valence-electron chi connectivity index (χ1n) is 6.57. The van der Waals surface area contributed by atoms with Crippen molar-refractivity contribution in [2.24, 2.45) is 0 Å². The monoisotopic (exact) mass is 333 g/mol. The zero-order chi connectivity index (χ0) is 16.1. The second-order valence-corrected chi connectivity index (χ2v) is 7.75. The maximum Gasteiger partial charge on any atom is 0.306 e. The molecule has 0 radical (unpaired) electrons. The van der Waals surface area contributed by atoms with E-state index in [1.54, 1.807) is 20.8 Å². The zero-order valence-corrected chi connectivity index (χ0v) is 13.9. The fourth-order valence-corrected chi connectivity index (χ4v) is 2.73. The molecule has 0 fully saturated rings. The summed E-state index contributed by atoms with van der Waals surface area (Å²) >= 11 is 5.71. The summed E-state index contributed by atoms with van der Waals surface area (Å²) in [4.78, 5) is 11.6. The Kier molecular flexibility index (Phi) is 6.19. The van der Waals surface area contributed by atoms with Gasteiger partial charge in [0.25, 0.3) is 0 Å². The van der Waals surface area contributed by atoms with E-state index in [0.717, 1.165) is 0 Å². The normalized spacial score (nSPS) is 12.2. The van der Waals surface area contributed by atoms with E-state index in [1.165, 1.54) is 24.3 Å². The Morgan fingerprint density at radius 3 is 2.33 bits per heavy atom. The number of carbonyl (C=O) groups is 1. The molecule has 1 aromatic carbocycles. The summed E-state index contributed by atoms with van der Waals surface area (Å²) in [6, 6.07) is 5.88. The maximum absolute atomic E-state index is 11.9. The standard InChI is InChI=1S/C14H20ClNO4S/c1-14(2,3)20-13(17)5-4-10-16-21(18,19)12-8-6-11(15)7-9-12/h6-9,16H,4-5,10H2,1-3H3.